The minimum atomic E-state index is -3.56. The molecule has 20 heavy (non-hydrogen) atoms. The number of nitrogens with one attached hydrogen (secondary N) is 1. The fraction of sp³-hybridized carbons (Fsp3) is 0.214. The van der Waals surface area contributed by atoms with E-state index in [9.17, 15) is 8.42 Å². The summed E-state index contributed by atoms with van der Waals surface area (Å²) in [5, 5.41) is 0.169. The van der Waals surface area contributed by atoms with Crippen LogP contribution < -0.4 is 4.72 Å². The van der Waals surface area contributed by atoms with Crippen molar-refractivity contribution >= 4 is 21.6 Å². The summed E-state index contributed by atoms with van der Waals surface area (Å²) in [6.07, 6.45) is 2.82. The third-order valence-corrected chi connectivity index (χ3v) is 5.11. The van der Waals surface area contributed by atoms with E-state index in [-0.39, 0.29) is 16.1 Å². The summed E-state index contributed by atoms with van der Waals surface area (Å²) >= 11 is 5.74. The number of fused-ring (bicyclic) bond motifs is 1. The van der Waals surface area contributed by atoms with E-state index >= 15 is 0 Å². The fourth-order valence-electron chi connectivity index (χ4n) is 2.48. The molecule has 1 heterocycles. The second-order valence-corrected chi connectivity index (χ2v) is 6.91. The molecule has 6 heteroatoms. The largest absolute Gasteiger partial charge is 0.244 e. The monoisotopic (exact) mass is 308 g/mol. The Morgan fingerprint density at radius 3 is 2.40 bits per heavy atom. The van der Waals surface area contributed by atoms with Gasteiger partial charge in [-0.1, -0.05) is 35.9 Å². The highest BCUT2D eigenvalue weighted by Gasteiger charge is 2.26. The van der Waals surface area contributed by atoms with Crippen molar-refractivity contribution in [2.24, 2.45) is 0 Å². The Bertz CT molecular complexity index is 721. The number of rotatable bonds is 3. The molecule has 0 saturated carbocycles. The summed E-state index contributed by atoms with van der Waals surface area (Å²) < 4.78 is 27.3. The third kappa shape index (κ3) is 2.70. The highest BCUT2D eigenvalue weighted by molar-refractivity contribution is 7.89. The lowest BCUT2D eigenvalue weighted by atomic mass is 10.1. The molecule has 0 saturated heterocycles. The lowest BCUT2D eigenvalue weighted by Crippen LogP contribution is -2.35. The number of halogens is 1. The number of benzene rings is 1. The molecule has 0 radical (unpaired) electrons. The van der Waals surface area contributed by atoms with Crippen molar-refractivity contribution in [3.8, 4) is 0 Å². The van der Waals surface area contributed by atoms with E-state index in [4.69, 9.17) is 11.6 Å². The van der Waals surface area contributed by atoms with E-state index in [1.807, 2.05) is 24.3 Å². The number of sulfonamides is 1. The Balaban J connectivity index is 1.79. The van der Waals surface area contributed by atoms with E-state index in [0.717, 1.165) is 0 Å². The van der Waals surface area contributed by atoms with Crippen molar-refractivity contribution in [3.63, 3.8) is 0 Å². The summed E-state index contributed by atoms with van der Waals surface area (Å²) in [5.74, 6) is 0. The van der Waals surface area contributed by atoms with Crippen molar-refractivity contribution in [1.29, 1.82) is 0 Å². The van der Waals surface area contributed by atoms with Crippen molar-refractivity contribution in [1.82, 2.24) is 9.71 Å². The molecule has 0 amide bonds. The van der Waals surface area contributed by atoms with E-state index < -0.39 is 10.0 Å². The Labute approximate surface area is 122 Å². The van der Waals surface area contributed by atoms with Gasteiger partial charge in [-0.15, -0.1) is 0 Å². The van der Waals surface area contributed by atoms with Gasteiger partial charge < -0.3 is 0 Å². The lowest BCUT2D eigenvalue weighted by molar-refractivity contribution is 0.555. The van der Waals surface area contributed by atoms with Crippen molar-refractivity contribution in [2.45, 2.75) is 23.8 Å². The Morgan fingerprint density at radius 1 is 1.15 bits per heavy atom. The molecule has 1 aromatic heterocycles. The van der Waals surface area contributed by atoms with Crippen LogP contribution in [0.3, 0.4) is 0 Å². The van der Waals surface area contributed by atoms with Crippen LogP contribution in [0.15, 0.2) is 47.5 Å². The van der Waals surface area contributed by atoms with Crippen molar-refractivity contribution in [3.05, 3.63) is 58.9 Å². The van der Waals surface area contributed by atoms with E-state index in [2.05, 4.69) is 9.71 Å². The lowest BCUT2D eigenvalue weighted by Gasteiger charge is -2.12. The molecule has 4 nitrogen and oxygen atoms in total. The zero-order valence-corrected chi connectivity index (χ0v) is 12.2. The molecule has 0 fully saturated rings. The van der Waals surface area contributed by atoms with Gasteiger partial charge >= 0.3 is 0 Å². The molecule has 3 rings (SSSR count). The summed E-state index contributed by atoms with van der Waals surface area (Å²) in [6.45, 7) is 0. The van der Waals surface area contributed by atoms with Crippen LogP contribution >= 0.6 is 11.6 Å². The first-order valence-corrected chi connectivity index (χ1v) is 8.11. The van der Waals surface area contributed by atoms with Gasteiger partial charge in [0.1, 0.15) is 5.15 Å². The number of nitrogens with zero attached hydrogens (tertiary/aromatic N) is 1. The van der Waals surface area contributed by atoms with Gasteiger partial charge in [-0.05, 0) is 36.1 Å². The molecule has 1 N–H and O–H groups in total. The maximum absolute atomic E-state index is 12.3. The average Bonchev–Trinajstić information content (AvgIpc) is 2.80. The smallest absolute Gasteiger partial charge is 0.241 e. The van der Waals surface area contributed by atoms with E-state index in [0.29, 0.717) is 12.8 Å². The summed E-state index contributed by atoms with van der Waals surface area (Å²) in [6, 6.07) is 10.7. The highest BCUT2D eigenvalue weighted by Crippen LogP contribution is 2.23. The third-order valence-electron chi connectivity index (χ3n) is 3.38. The van der Waals surface area contributed by atoms with Crippen molar-refractivity contribution in [2.75, 3.05) is 0 Å². The minimum absolute atomic E-state index is 0.107. The van der Waals surface area contributed by atoms with Crippen molar-refractivity contribution < 1.29 is 8.42 Å². The molecule has 1 aliphatic carbocycles. The topological polar surface area (TPSA) is 59.1 Å². The van der Waals surface area contributed by atoms with Crippen LogP contribution in [-0.4, -0.2) is 19.4 Å². The molecule has 2 aromatic rings. The molecule has 0 spiro atoms. The van der Waals surface area contributed by atoms with Crippen LogP contribution in [0.1, 0.15) is 11.1 Å². The fourth-order valence-corrected chi connectivity index (χ4v) is 3.97. The molecule has 0 atom stereocenters. The summed E-state index contributed by atoms with van der Waals surface area (Å²) in [5.41, 5.74) is 2.40. The predicted octanol–water partition coefficient (Wildman–Crippen LogP) is 2.18. The summed E-state index contributed by atoms with van der Waals surface area (Å²) in [4.78, 5) is 3.94. The average molecular weight is 309 g/mol. The quantitative estimate of drug-likeness (QED) is 0.884. The Kier molecular flexibility index (Phi) is 3.50. The molecule has 1 aliphatic rings. The Hall–Kier alpha value is -1.43. The highest BCUT2D eigenvalue weighted by atomic mass is 35.5. The summed E-state index contributed by atoms with van der Waals surface area (Å²) in [7, 11) is -3.56. The van der Waals surface area contributed by atoms with E-state index in [1.165, 1.54) is 29.5 Å². The second-order valence-electron chi connectivity index (χ2n) is 4.81. The zero-order valence-electron chi connectivity index (χ0n) is 10.6. The minimum Gasteiger partial charge on any atom is -0.244 e. The maximum Gasteiger partial charge on any atom is 0.241 e. The number of hydrogen-bond donors (Lipinski definition) is 1. The molecule has 104 valence electrons. The first-order chi connectivity index (χ1) is 9.54. The normalized spacial score (nSPS) is 15.2. The van der Waals surface area contributed by atoms with Gasteiger partial charge in [-0.2, -0.15) is 0 Å². The SMILES string of the molecule is O=S(=O)(NC1Cc2ccccc2C1)c1ccnc(Cl)c1. The first-order valence-electron chi connectivity index (χ1n) is 6.25. The van der Waals surface area contributed by atoms with Crippen LogP contribution in [0.25, 0.3) is 0 Å². The van der Waals surface area contributed by atoms with Gasteiger partial charge in [0.15, 0.2) is 0 Å². The standard InChI is InChI=1S/C14H13ClN2O2S/c15-14-9-13(5-6-16-14)20(18,19)17-12-7-10-3-1-2-4-11(10)8-12/h1-6,9,12,17H,7-8H2. The van der Waals surface area contributed by atoms with Crippen LogP contribution in [0.5, 0.6) is 0 Å². The molecular formula is C14H13ClN2O2S. The first kappa shape index (κ1) is 13.5. The van der Waals surface area contributed by atoms with Gasteiger partial charge in [0.25, 0.3) is 0 Å². The molecule has 0 aliphatic heterocycles. The van der Waals surface area contributed by atoms with Crippen LogP contribution in [0.4, 0.5) is 0 Å². The van der Waals surface area contributed by atoms with Gasteiger partial charge in [-0.25, -0.2) is 18.1 Å². The maximum atomic E-state index is 12.3. The Morgan fingerprint density at radius 2 is 1.80 bits per heavy atom. The number of aromatic nitrogens is 1. The van der Waals surface area contributed by atoms with Crippen LogP contribution in [0.2, 0.25) is 5.15 Å². The van der Waals surface area contributed by atoms with Gasteiger partial charge in [-0.3, -0.25) is 0 Å². The predicted molar refractivity (Wildman–Crippen MR) is 77.2 cm³/mol. The zero-order chi connectivity index (χ0) is 14.2. The number of hydrogen-bond acceptors (Lipinski definition) is 3. The van der Waals surface area contributed by atoms with Crippen LogP contribution in [-0.2, 0) is 22.9 Å². The van der Waals surface area contributed by atoms with Gasteiger partial charge in [0, 0.05) is 12.2 Å². The molecular weight excluding hydrogens is 296 g/mol. The molecule has 0 bridgehead atoms. The second kappa shape index (κ2) is 5.16. The molecule has 1 aromatic carbocycles. The van der Waals surface area contributed by atoms with E-state index in [1.54, 1.807) is 0 Å². The van der Waals surface area contributed by atoms with Gasteiger partial charge in [0.2, 0.25) is 10.0 Å². The van der Waals surface area contributed by atoms with Gasteiger partial charge in [0.05, 0.1) is 4.90 Å². The molecule has 0 unspecified atom stereocenters. The van der Waals surface area contributed by atoms with Crippen LogP contribution in [0, 0.1) is 0 Å². The number of pyridine rings is 1.